The molecule has 108 valence electrons. The first-order valence-electron chi connectivity index (χ1n) is 7.44. The smallest absolute Gasteiger partial charge is 0.257 e. The second-order valence-corrected chi connectivity index (χ2v) is 6.10. The van der Waals surface area contributed by atoms with E-state index in [0.717, 1.165) is 19.4 Å². The molecule has 0 aromatic heterocycles. The van der Waals surface area contributed by atoms with Crippen LogP contribution in [-0.2, 0) is 0 Å². The van der Waals surface area contributed by atoms with Gasteiger partial charge in [0.1, 0.15) is 5.82 Å². The topological polar surface area (TPSA) is 46.3 Å². The van der Waals surface area contributed by atoms with E-state index in [1.807, 2.05) is 4.90 Å². The molecule has 2 N–H and O–H groups in total. The highest BCUT2D eigenvalue weighted by Crippen LogP contribution is 2.37. The van der Waals surface area contributed by atoms with Crippen molar-refractivity contribution in [2.45, 2.75) is 45.1 Å². The third-order valence-corrected chi connectivity index (χ3v) is 4.78. The first kappa shape index (κ1) is 13.4. The van der Waals surface area contributed by atoms with Gasteiger partial charge in [-0.15, -0.1) is 0 Å². The Balaban J connectivity index is 1.89. The van der Waals surface area contributed by atoms with Gasteiger partial charge in [0, 0.05) is 18.3 Å². The maximum absolute atomic E-state index is 14.2. The summed E-state index contributed by atoms with van der Waals surface area (Å²) in [5, 5.41) is 0. The highest BCUT2D eigenvalue weighted by Gasteiger charge is 2.39. The van der Waals surface area contributed by atoms with E-state index in [-0.39, 0.29) is 11.5 Å². The quantitative estimate of drug-likeness (QED) is 0.801. The molecule has 0 spiro atoms. The van der Waals surface area contributed by atoms with Gasteiger partial charge in [0.05, 0.1) is 5.56 Å². The van der Waals surface area contributed by atoms with Crippen LogP contribution < -0.4 is 5.73 Å². The van der Waals surface area contributed by atoms with Crippen molar-refractivity contribution in [1.82, 2.24) is 4.90 Å². The first-order valence-corrected chi connectivity index (χ1v) is 7.44. The molecule has 1 heterocycles. The fraction of sp³-hybridized carbons (Fsp3) is 0.562. The number of hydrogen-bond donors (Lipinski definition) is 1. The molecule has 1 aliphatic carbocycles. The number of benzene rings is 1. The van der Waals surface area contributed by atoms with Crippen molar-refractivity contribution in [3.8, 4) is 0 Å². The van der Waals surface area contributed by atoms with Crippen molar-refractivity contribution < 1.29 is 9.18 Å². The maximum atomic E-state index is 14.2. The molecule has 1 aliphatic heterocycles. The lowest BCUT2D eigenvalue weighted by Gasteiger charge is -2.31. The third-order valence-electron chi connectivity index (χ3n) is 4.78. The van der Waals surface area contributed by atoms with Crippen LogP contribution in [0.4, 0.5) is 10.1 Å². The van der Waals surface area contributed by atoms with E-state index < -0.39 is 5.82 Å². The molecule has 1 aromatic carbocycles. The molecule has 2 aliphatic rings. The number of aryl methyl sites for hydroxylation is 1. The summed E-state index contributed by atoms with van der Waals surface area (Å²) in [7, 11) is 0. The van der Waals surface area contributed by atoms with Crippen LogP contribution in [0.25, 0.3) is 0 Å². The Labute approximate surface area is 118 Å². The summed E-state index contributed by atoms with van der Waals surface area (Å²) in [5.74, 6) is -0.00585. The summed E-state index contributed by atoms with van der Waals surface area (Å²) in [6.45, 7) is 2.40. The van der Waals surface area contributed by atoms with Gasteiger partial charge in [0.2, 0.25) is 0 Å². The van der Waals surface area contributed by atoms with E-state index >= 15 is 0 Å². The van der Waals surface area contributed by atoms with Gasteiger partial charge in [-0.25, -0.2) is 4.39 Å². The second kappa shape index (κ2) is 5.08. The predicted octanol–water partition coefficient (Wildman–Crippen LogP) is 3.12. The van der Waals surface area contributed by atoms with Gasteiger partial charge in [-0.2, -0.15) is 0 Å². The molecule has 1 saturated heterocycles. The van der Waals surface area contributed by atoms with Crippen LogP contribution in [-0.4, -0.2) is 23.4 Å². The number of rotatable bonds is 1. The number of nitrogen functional groups attached to an aromatic ring is 1. The van der Waals surface area contributed by atoms with Crippen molar-refractivity contribution >= 4 is 11.6 Å². The number of likely N-dealkylation sites (tertiary alicyclic amines) is 1. The molecular formula is C16H21FN2O. The molecule has 0 bridgehead atoms. The van der Waals surface area contributed by atoms with Crippen LogP contribution in [0.5, 0.6) is 0 Å². The molecule has 2 fully saturated rings. The van der Waals surface area contributed by atoms with E-state index in [4.69, 9.17) is 5.73 Å². The van der Waals surface area contributed by atoms with Gasteiger partial charge in [-0.1, -0.05) is 12.8 Å². The lowest BCUT2D eigenvalue weighted by molar-refractivity contribution is 0.0685. The van der Waals surface area contributed by atoms with Gasteiger partial charge in [-0.3, -0.25) is 4.79 Å². The Kier molecular flexibility index (Phi) is 3.40. The molecule has 3 nitrogen and oxygen atoms in total. The van der Waals surface area contributed by atoms with Gasteiger partial charge in [-0.05, 0) is 49.8 Å². The molecule has 4 heteroatoms. The molecule has 0 radical (unpaired) electrons. The molecule has 3 rings (SSSR count). The van der Waals surface area contributed by atoms with Crippen LogP contribution >= 0.6 is 0 Å². The lowest BCUT2D eigenvalue weighted by atomic mass is 9.85. The molecular weight excluding hydrogens is 255 g/mol. The van der Waals surface area contributed by atoms with Gasteiger partial charge in [0.15, 0.2) is 0 Å². The minimum Gasteiger partial charge on any atom is -0.399 e. The Morgan fingerprint density at radius 2 is 2.05 bits per heavy atom. The number of halogens is 1. The molecule has 2 unspecified atom stereocenters. The van der Waals surface area contributed by atoms with Crippen LogP contribution in [0.2, 0.25) is 0 Å². The average Bonchev–Trinajstić information content (AvgIpc) is 2.86. The normalized spacial score (nSPS) is 25.6. The maximum Gasteiger partial charge on any atom is 0.257 e. The fourth-order valence-electron chi connectivity index (χ4n) is 3.77. The number of hydrogen-bond acceptors (Lipinski definition) is 2. The van der Waals surface area contributed by atoms with Crippen LogP contribution in [0, 0.1) is 18.7 Å². The SMILES string of the molecule is Cc1cc(N)cc(C(=O)N2CCC3CCCCC32)c1F. The Bertz CT molecular complexity index is 544. The number of carbonyl (C=O) groups excluding carboxylic acids is 1. The number of nitrogens with two attached hydrogens (primary N) is 1. The van der Waals surface area contributed by atoms with E-state index in [1.165, 1.54) is 25.3 Å². The predicted molar refractivity (Wildman–Crippen MR) is 76.9 cm³/mol. The Morgan fingerprint density at radius 1 is 1.30 bits per heavy atom. The van der Waals surface area contributed by atoms with Gasteiger partial charge < -0.3 is 10.6 Å². The highest BCUT2D eigenvalue weighted by atomic mass is 19.1. The third kappa shape index (κ3) is 2.17. The van der Waals surface area contributed by atoms with Crippen molar-refractivity contribution in [2.75, 3.05) is 12.3 Å². The number of anilines is 1. The van der Waals surface area contributed by atoms with Gasteiger partial charge in [0.25, 0.3) is 5.91 Å². The number of fused-ring (bicyclic) bond motifs is 1. The van der Waals surface area contributed by atoms with Gasteiger partial charge >= 0.3 is 0 Å². The fourth-order valence-corrected chi connectivity index (χ4v) is 3.77. The summed E-state index contributed by atoms with van der Waals surface area (Å²) in [4.78, 5) is 14.5. The minimum atomic E-state index is -0.427. The van der Waals surface area contributed by atoms with Crippen LogP contribution in [0.3, 0.4) is 0 Å². The largest absolute Gasteiger partial charge is 0.399 e. The van der Waals surface area contributed by atoms with E-state index in [0.29, 0.717) is 23.2 Å². The summed E-state index contributed by atoms with van der Waals surface area (Å²) in [5.41, 5.74) is 6.78. The second-order valence-electron chi connectivity index (χ2n) is 6.10. The minimum absolute atomic E-state index is 0.133. The van der Waals surface area contributed by atoms with Crippen molar-refractivity contribution in [3.63, 3.8) is 0 Å². The van der Waals surface area contributed by atoms with Crippen molar-refractivity contribution in [2.24, 2.45) is 5.92 Å². The molecule has 2 atom stereocenters. The number of amides is 1. The lowest BCUT2D eigenvalue weighted by Crippen LogP contribution is -2.39. The molecule has 20 heavy (non-hydrogen) atoms. The number of nitrogens with zero attached hydrogens (tertiary/aromatic N) is 1. The van der Waals surface area contributed by atoms with Crippen molar-refractivity contribution in [3.05, 3.63) is 29.1 Å². The zero-order chi connectivity index (χ0) is 14.3. The molecule has 1 saturated carbocycles. The standard InChI is InChI=1S/C16H21FN2O/c1-10-8-12(18)9-13(15(10)17)16(20)19-7-6-11-4-2-3-5-14(11)19/h8-9,11,14H,2-7,18H2,1H3. The first-order chi connectivity index (χ1) is 9.58. The summed E-state index contributed by atoms with van der Waals surface area (Å²) < 4.78 is 14.2. The molecule has 1 amide bonds. The summed E-state index contributed by atoms with van der Waals surface area (Å²) in [6, 6.07) is 3.35. The molecule has 1 aromatic rings. The van der Waals surface area contributed by atoms with Crippen molar-refractivity contribution in [1.29, 1.82) is 0 Å². The Hall–Kier alpha value is -1.58. The monoisotopic (exact) mass is 276 g/mol. The summed E-state index contributed by atoms with van der Waals surface area (Å²) in [6.07, 6.45) is 5.74. The van der Waals surface area contributed by atoms with Crippen LogP contribution in [0.15, 0.2) is 12.1 Å². The number of carbonyl (C=O) groups is 1. The average molecular weight is 276 g/mol. The van der Waals surface area contributed by atoms with E-state index in [2.05, 4.69) is 0 Å². The van der Waals surface area contributed by atoms with E-state index in [9.17, 15) is 9.18 Å². The zero-order valence-electron chi connectivity index (χ0n) is 11.9. The van der Waals surface area contributed by atoms with Crippen LogP contribution in [0.1, 0.15) is 48.0 Å². The Morgan fingerprint density at radius 3 is 2.85 bits per heavy atom. The van der Waals surface area contributed by atoms with E-state index in [1.54, 1.807) is 13.0 Å². The zero-order valence-corrected chi connectivity index (χ0v) is 11.9. The summed E-state index contributed by atoms with van der Waals surface area (Å²) >= 11 is 0. The highest BCUT2D eigenvalue weighted by molar-refractivity contribution is 5.96.